The molecule has 1 aliphatic carbocycles. The van der Waals surface area contributed by atoms with Crippen LogP contribution in [0.2, 0.25) is 0 Å². The summed E-state index contributed by atoms with van der Waals surface area (Å²) in [7, 11) is 1.65. The summed E-state index contributed by atoms with van der Waals surface area (Å²) in [6.07, 6.45) is 6.40. The molecule has 2 rings (SSSR count). The minimum atomic E-state index is 0.281. The van der Waals surface area contributed by atoms with Crippen molar-refractivity contribution in [1.29, 1.82) is 0 Å². The zero-order valence-corrected chi connectivity index (χ0v) is 13.4. The Hall–Kier alpha value is -1.36. The number of rotatable bonds is 7. The molecule has 0 spiro atoms. The van der Waals surface area contributed by atoms with Crippen LogP contribution in [0.4, 0.5) is 5.82 Å². The van der Waals surface area contributed by atoms with Crippen LogP contribution in [0.3, 0.4) is 0 Å². The van der Waals surface area contributed by atoms with Crippen molar-refractivity contribution in [1.82, 2.24) is 9.97 Å². The lowest BCUT2D eigenvalue weighted by Crippen LogP contribution is -2.30. The lowest BCUT2D eigenvalue weighted by Gasteiger charge is -2.30. The Morgan fingerprint density at radius 2 is 2.05 bits per heavy atom. The molecule has 1 aliphatic rings. The van der Waals surface area contributed by atoms with Crippen LogP contribution in [0.1, 0.15) is 51.8 Å². The fraction of sp³-hybridized carbons (Fsp3) is 0.750. The SMILES string of the molecule is CCNc1cc(OC2CCCCC2CC)nc(COC)n1. The first-order valence-corrected chi connectivity index (χ1v) is 8.04. The molecule has 5 heteroatoms. The van der Waals surface area contributed by atoms with Gasteiger partial charge >= 0.3 is 0 Å². The zero-order chi connectivity index (χ0) is 15.1. The maximum Gasteiger partial charge on any atom is 0.219 e. The molecule has 1 fully saturated rings. The number of nitrogens with zero attached hydrogens (tertiary/aromatic N) is 2. The summed E-state index contributed by atoms with van der Waals surface area (Å²) in [4.78, 5) is 8.89. The summed E-state index contributed by atoms with van der Waals surface area (Å²) in [5, 5.41) is 3.22. The van der Waals surface area contributed by atoms with Crippen LogP contribution in [0.25, 0.3) is 0 Å². The number of ether oxygens (including phenoxy) is 2. The summed E-state index contributed by atoms with van der Waals surface area (Å²) in [5.74, 6) is 2.77. The fourth-order valence-electron chi connectivity index (χ4n) is 2.95. The lowest BCUT2D eigenvalue weighted by atomic mass is 9.85. The van der Waals surface area contributed by atoms with Gasteiger partial charge in [-0.2, -0.15) is 4.98 Å². The number of aromatic nitrogens is 2. The number of anilines is 1. The molecule has 2 atom stereocenters. The highest BCUT2D eigenvalue weighted by Gasteiger charge is 2.25. The monoisotopic (exact) mass is 293 g/mol. The van der Waals surface area contributed by atoms with E-state index in [-0.39, 0.29) is 6.10 Å². The van der Waals surface area contributed by atoms with E-state index in [1.165, 1.54) is 25.7 Å². The normalized spacial score (nSPS) is 22.0. The Kier molecular flexibility index (Phi) is 6.23. The van der Waals surface area contributed by atoms with Gasteiger partial charge in [-0.25, -0.2) is 4.98 Å². The number of hydrogen-bond donors (Lipinski definition) is 1. The first kappa shape index (κ1) is 16.0. The van der Waals surface area contributed by atoms with Crippen molar-refractivity contribution in [2.75, 3.05) is 19.0 Å². The van der Waals surface area contributed by atoms with Gasteiger partial charge in [0.15, 0.2) is 5.82 Å². The summed E-state index contributed by atoms with van der Waals surface area (Å²) in [6.45, 7) is 5.51. The quantitative estimate of drug-likeness (QED) is 0.835. The molecule has 0 radical (unpaired) electrons. The van der Waals surface area contributed by atoms with Crippen LogP contribution in [0.15, 0.2) is 6.07 Å². The Labute approximate surface area is 127 Å². The van der Waals surface area contributed by atoms with Gasteiger partial charge in [-0.15, -0.1) is 0 Å². The summed E-state index contributed by atoms with van der Waals surface area (Å²) >= 11 is 0. The van der Waals surface area contributed by atoms with E-state index in [1.807, 2.05) is 13.0 Å². The van der Waals surface area contributed by atoms with Gasteiger partial charge in [0.2, 0.25) is 5.88 Å². The minimum Gasteiger partial charge on any atom is -0.474 e. The minimum absolute atomic E-state index is 0.281. The lowest BCUT2D eigenvalue weighted by molar-refractivity contribution is 0.0847. The molecule has 0 amide bonds. The average molecular weight is 293 g/mol. The van der Waals surface area contributed by atoms with Gasteiger partial charge in [0.05, 0.1) is 0 Å². The highest BCUT2D eigenvalue weighted by Crippen LogP contribution is 2.30. The third-order valence-electron chi connectivity index (χ3n) is 4.02. The van der Waals surface area contributed by atoms with E-state index in [2.05, 4.69) is 22.2 Å². The zero-order valence-electron chi connectivity index (χ0n) is 13.4. The largest absolute Gasteiger partial charge is 0.474 e. The van der Waals surface area contributed by atoms with E-state index in [4.69, 9.17) is 9.47 Å². The highest BCUT2D eigenvalue weighted by molar-refractivity contribution is 5.38. The van der Waals surface area contributed by atoms with Crippen molar-refractivity contribution in [3.05, 3.63) is 11.9 Å². The van der Waals surface area contributed by atoms with Gasteiger partial charge in [0, 0.05) is 19.7 Å². The van der Waals surface area contributed by atoms with E-state index in [0.717, 1.165) is 18.8 Å². The second-order valence-corrected chi connectivity index (χ2v) is 5.58. The maximum atomic E-state index is 6.19. The Balaban J connectivity index is 2.13. The van der Waals surface area contributed by atoms with Crippen molar-refractivity contribution < 1.29 is 9.47 Å². The fourth-order valence-corrected chi connectivity index (χ4v) is 2.95. The molecule has 0 aromatic carbocycles. The maximum absolute atomic E-state index is 6.19. The molecule has 1 aromatic rings. The summed E-state index contributed by atoms with van der Waals surface area (Å²) in [5.41, 5.74) is 0. The predicted octanol–water partition coefficient (Wildman–Crippen LogP) is 3.40. The van der Waals surface area contributed by atoms with Gasteiger partial charge in [-0.3, -0.25) is 0 Å². The third kappa shape index (κ3) is 4.56. The Morgan fingerprint density at radius 3 is 2.76 bits per heavy atom. The van der Waals surface area contributed by atoms with E-state index in [0.29, 0.717) is 24.2 Å². The molecule has 1 aromatic heterocycles. The van der Waals surface area contributed by atoms with Crippen molar-refractivity contribution in [2.24, 2.45) is 5.92 Å². The molecular weight excluding hydrogens is 266 g/mol. The van der Waals surface area contributed by atoms with E-state index < -0.39 is 0 Å². The number of methoxy groups -OCH3 is 1. The van der Waals surface area contributed by atoms with Gasteiger partial charge in [0.25, 0.3) is 0 Å². The van der Waals surface area contributed by atoms with Gasteiger partial charge in [-0.1, -0.05) is 13.3 Å². The molecule has 0 aliphatic heterocycles. The second kappa shape index (κ2) is 8.17. The van der Waals surface area contributed by atoms with E-state index in [9.17, 15) is 0 Å². The Bertz CT molecular complexity index is 415. The first-order valence-electron chi connectivity index (χ1n) is 8.04. The van der Waals surface area contributed by atoms with Gasteiger partial charge < -0.3 is 14.8 Å². The molecule has 0 saturated heterocycles. The number of hydrogen-bond acceptors (Lipinski definition) is 5. The topological polar surface area (TPSA) is 56.3 Å². The van der Waals surface area contributed by atoms with Crippen LogP contribution < -0.4 is 10.1 Å². The van der Waals surface area contributed by atoms with Crippen LogP contribution in [-0.4, -0.2) is 29.7 Å². The second-order valence-electron chi connectivity index (χ2n) is 5.58. The van der Waals surface area contributed by atoms with Crippen molar-refractivity contribution in [3.63, 3.8) is 0 Å². The van der Waals surface area contributed by atoms with E-state index >= 15 is 0 Å². The summed E-state index contributed by atoms with van der Waals surface area (Å²) in [6, 6.07) is 1.89. The Morgan fingerprint density at radius 1 is 1.24 bits per heavy atom. The number of nitrogens with one attached hydrogen (secondary N) is 1. The van der Waals surface area contributed by atoms with Crippen molar-refractivity contribution in [3.8, 4) is 5.88 Å². The van der Waals surface area contributed by atoms with Crippen LogP contribution in [-0.2, 0) is 11.3 Å². The molecule has 1 heterocycles. The average Bonchev–Trinajstić information content (AvgIpc) is 2.48. The smallest absolute Gasteiger partial charge is 0.219 e. The third-order valence-corrected chi connectivity index (χ3v) is 4.02. The van der Waals surface area contributed by atoms with Crippen molar-refractivity contribution >= 4 is 5.82 Å². The molecule has 1 saturated carbocycles. The van der Waals surface area contributed by atoms with Gasteiger partial charge in [-0.05, 0) is 38.5 Å². The predicted molar refractivity (Wildman–Crippen MR) is 83.6 cm³/mol. The van der Waals surface area contributed by atoms with Crippen LogP contribution >= 0.6 is 0 Å². The highest BCUT2D eigenvalue weighted by atomic mass is 16.5. The van der Waals surface area contributed by atoms with Crippen LogP contribution in [0.5, 0.6) is 5.88 Å². The molecular formula is C16H27N3O2. The molecule has 1 N–H and O–H groups in total. The molecule has 0 bridgehead atoms. The van der Waals surface area contributed by atoms with Crippen LogP contribution in [0, 0.1) is 5.92 Å². The first-order chi connectivity index (χ1) is 10.3. The molecule has 118 valence electrons. The van der Waals surface area contributed by atoms with E-state index in [1.54, 1.807) is 7.11 Å². The molecule has 2 unspecified atom stereocenters. The summed E-state index contributed by atoms with van der Waals surface area (Å²) < 4.78 is 11.3. The molecule has 5 nitrogen and oxygen atoms in total. The standard InChI is InChI=1S/C16H27N3O2/c1-4-12-8-6-7-9-13(12)21-16-10-14(17-5-2)18-15(19-16)11-20-3/h10,12-13H,4-9,11H2,1-3H3,(H,17,18,19). The van der Waals surface area contributed by atoms with Crippen molar-refractivity contribution in [2.45, 2.75) is 58.7 Å². The van der Waals surface area contributed by atoms with Gasteiger partial charge in [0.1, 0.15) is 18.5 Å². The molecule has 21 heavy (non-hydrogen) atoms.